The molecule has 10 nitrogen and oxygen atoms in total. The highest BCUT2D eigenvalue weighted by Crippen LogP contribution is 2.28. The van der Waals surface area contributed by atoms with Gasteiger partial charge in [0, 0.05) is 26.3 Å². The number of pyridine rings is 1. The monoisotopic (exact) mass is 453 g/mol. The largest absolute Gasteiger partial charge is 0.351 e. The molecule has 0 spiro atoms. The molecule has 0 saturated heterocycles. The minimum Gasteiger partial charge on any atom is -0.351 e. The van der Waals surface area contributed by atoms with Gasteiger partial charge in [-0.15, -0.1) is 16.4 Å². The fourth-order valence-electron chi connectivity index (χ4n) is 3.44. The minimum atomic E-state index is -0.256. The van der Waals surface area contributed by atoms with E-state index in [0.717, 1.165) is 11.3 Å². The summed E-state index contributed by atoms with van der Waals surface area (Å²) in [7, 11) is 1.60. The maximum atomic E-state index is 12.7. The molecular weight excluding hydrogens is 430 g/mol. The van der Waals surface area contributed by atoms with Gasteiger partial charge >= 0.3 is 5.69 Å². The maximum Gasteiger partial charge on any atom is 0.350 e. The van der Waals surface area contributed by atoms with Crippen molar-refractivity contribution in [3.8, 4) is 10.6 Å². The number of nitrogens with one attached hydrogen (secondary N) is 1. The number of thiazole rings is 1. The van der Waals surface area contributed by atoms with Crippen molar-refractivity contribution in [3.63, 3.8) is 0 Å². The van der Waals surface area contributed by atoms with Gasteiger partial charge in [0.2, 0.25) is 0 Å². The molecule has 1 amide bonds. The summed E-state index contributed by atoms with van der Waals surface area (Å²) in [5.74, 6) is -0.256. The summed E-state index contributed by atoms with van der Waals surface area (Å²) in [4.78, 5) is 42.5. The van der Waals surface area contributed by atoms with Gasteiger partial charge in [-0.25, -0.2) is 19.1 Å². The number of aromatic nitrogens is 6. The fourth-order valence-corrected chi connectivity index (χ4v) is 4.52. The summed E-state index contributed by atoms with van der Waals surface area (Å²) in [5.41, 5.74) is 2.66. The van der Waals surface area contributed by atoms with Gasteiger partial charge in [0.1, 0.15) is 9.88 Å². The van der Waals surface area contributed by atoms with Crippen LogP contribution in [0.1, 0.15) is 33.0 Å². The predicted molar refractivity (Wildman–Crippen MR) is 121 cm³/mol. The molecule has 0 bridgehead atoms. The molecule has 4 aromatic heterocycles. The molecule has 11 heteroatoms. The van der Waals surface area contributed by atoms with E-state index >= 15 is 0 Å². The van der Waals surface area contributed by atoms with Crippen LogP contribution in [0.2, 0.25) is 0 Å². The third-order valence-corrected chi connectivity index (χ3v) is 6.44. The number of rotatable bonds is 6. The van der Waals surface area contributed by atoms with E-state index in [1.165, 1.54) is 25.1 Å². The Balaban J connectivity index is 1.45. The Kier molecular flexibility index (Phi) is 5.74. The highest BCUT2D eigenvalue weighted by Gasteiger charge is 2.21. The SMILES string of the molecule is Cc1nc(-c2c(C)c(C)nn(C)c2=O)sc1C(=O)NCCCn1nc2ccccn2c1=O. The van der Waals surface area contributed by atoms with E-state index in [9.17, 15) is 14.4 Å². The van der Waals surface area contributed by atoms with Crippen LogP contribution in [0.3, 0.4) is 0 Å². The lowest BCUT2D eigenvalue weighted by Gasteiger charge is -2.07. The molecule has 0 aromatic carbocycles. The molecule has 4 aromatic rings. The van der Waals surface area contributed by atoms with Crippen molar-refractivity contribution in [1.82, 2.24) is 34.3 Å². The topological polar surface area (TPSA) is 116 Å². The molecule has 0 saturated carbocycles. The van der Waals surface area contributed by atoms with Gasteiger partial charge in [-0.2, -0.15) is 5.10 Å². The van der Waals surface area contributed by atoms with Gasteiger partial charge in [0.25, 0.3) is 11.5 Å². The molecule has 1 N–H and O–H groups in total. The summed E-state index contributed by atoms with van der Waals surface area (Å²) in [6.07, 6.45) is 2.22. The van der Waals surface area contributed by atoms with E-state index < -0.39 is 0 Å². The van der Waals surface area contributed by atoms with Crippen molar-refractivity contribution in [1.29, 1.82) is 0 Å². The predicted octanol–water partition coefficient (Wildman–Crippen LogP) is 1.46. The molecule has 0 aliphatic heterocycles. The molecule has 4 rings (SSSR count). The van der Waals surface area contributed by atoms with Gasteiger partial charge in [-0.3, -0.25) is 14.0 Å². The van der Waals surface area contributed by atoms with Crippen molar-refractivity contribution in [2.24, 2.45) is 7.05 Å². The zero-order valence-corrected chi connectivity index (χ0v) is 19.1. The van der Waals surface area contributed by atoms with Crippen LogP contribution in [0.15, 0.2) is 34.0 Å². The highest BCUT2D eigenvalue weighted by atomic mass is 32.1. The third kappa shape index (κ3) is 3.86. The summed E-state index contributed by atoms with van der Waals surface area (Å²) < 4.78 is 4.16. The van der Waals surface area contributed by atoms with E-state index in [1.807, 2.05) is 19.9 Å². The molecular formula is C21H23N7O3S. The molecule has 0 aliphatic rings. The Morgan fingerprint density at radius 3 is 2.66 bits per heavy atom. The summed E-state index contributed by atoms with van der Waals surface area (Å²) in [6.45, 7) is 6.18. The summed E-state index contributed by atoms with van der Waals surface area (Å²) in [5, 5.41) is 11.8. The Morgan fingerprint density at radius 1 is 1.12 bits per heavy atom. The second-order valence-electron chi connectivity index (χ2n) is 7.49. The quantitative estimate of drug-likeness (QED) is 0.442. The molecule has 0 aliphatic carbocycles. The average molecular weight is 454 g/mol. The standard InChI is InChI=1S/C21H23N7O3S/c1-12-13(2)24-26(4)20(30)16(12)19-23-14(3)17(32-19)18(29)22-9-7-11-28-21(31)27-10-6-5-8-15(27)25-28/h5-6,8,10H,7,9,11H2,1-4H3,(H,22,29). The van der Waals surface area contributed by atoms with Crippen LogP contribution in [0, 0.1) is 20.8 Å². The Morgan fingerprint density at radius 2 is 1.91 bits per heavy atom. The smallest absolute Gasteiger partial charge is 0.350 e. The molecule has 0 fully saturated rings. The lowest BCUT2D eigenvalue weighted by atomic mass is 10.1. The molecule has 0 atom stereocenters. The zero-order chi connectivity index (χ0) is 23.0. The lowest BCUT2D eigenvalue weighted by Crippen LogP contribution is -2.27. The van der Waals surface area contributed by atoms with Crippen molar-refractivity contribution >= 4 is 22.9 Å². The van der Waals surface area contributed by atoms with E-state index in [-0.39, 0.29) is 17.2 Å². The number of hydrogen-bond donors (Lipinski definition) is 1. The van der Waals surface area contributed by atoms with Crippen LogP contribution in [0.4, 0.5) is 0 Å². The van der Waals surface area contributed by atoms with E-state index in [4.69, 9.17) is 0 Å². The van der Waals surface area contributed by atoms with Gasteiger partial charge in [-0.05, 0) is 44.9 Å². The molecule has 4 heterocycles. The number of carbonyl (C=O) groups is 1. The van der Waals surface area contributed by atoms with Crippen LogP contribution in [0.5, 0.6) is 0 Å². The summed E-state index contributed by atoms with van der Waals surface area (Å²) >= 11 is 1.19. The van der Waals surface area contributed by atoms with Crippen LogP contribution in [-0.2, 0) is 13.6 Å². The van der Waals surface area contributed by atoms with Crippen molar-refractivity contribution in [2.75, 3.05) is 6.54 Å². The number of aryl methyl sites for hydroxylation is 4. The van der Waals surface area contributed by atoms with Crippen LogP contribution in [-0.4, -0.2) is 41.4 Å². The van der Waals surface area contributed by atoms with E-state index in [1.54, 1.807) is 32.3 Å². The number of nitrogens with zero attached hydrogens (tertiary/aromatic N) is 6. The fraction of sp³-hybridized carbons (Fsp3) is 0.333. The van der Waals surface area contributed by atoms with E-state index in [0.29, 0.717) is 46.3 Å². The van der Waals surface area contributed by atoms with Gasteiger partial charge in [0.15, 0.2) is 5.65 Å². The highest BCUT2D eigenvalue weighted by molar-refractivity contribution is 7.17. The molecule has 0 radical (unpaired) electrons. The number of amides is 1. The molecule has 166 valence electrons. The molecule has 32 heavy (non-hydrogen) atoms. The van der Waals surface area contributed by atoms with Crippen molar-refractivity contribution in [3.05, 3.63) is 67.1 Å². The van der Waals surface area contributed by atoms with Gasteiger partial charge < -0.3 is 5.32 Å². The van der Waals surface area contributed by atoms with Crippen molar-refractivity contribution in [2.45, 2.75) is 33.7 Å². The average Bonchev–Trinajstić information content (AvgIpc) is 3.30. The third-order valence-electron chi connectivity index (χ3n) is 5.26. The zero-order valence-electron chi connectivity index (χ0n) is 18.2. The Bertz CT molecular complexity index is 1440. The van der Waals surface area contributed by atoms with E-state index in [2.05, 4.69) is 20.5 Å². The maximum absolute atomic E-state index is 12.7. The number of fused-ring (bicyclic) bond motifs is 1. The molecule has 0 unspecified atom stereocenters. The lowest BCUT2D eigenvalue weighted by molar-refractivity contribution is 0.0956. The first-order chi connectivity index (χ1) is 15.3. The van der Waals surface area contributed by atoms with Crippen LogP contribution in [0.25, 0.3) is 16.2 Å². The Labute approximate surface area is 187 Å². The minimum absolute atomic E-state index is 0.209. The normalized spacial score (nSPS) is 11.2. The van der Waals surface area contributed by atoms with Gasteiger partial charge in [0.05, 0.1) is 17.0 Å². The first-order valence-electron chi connectivity index (χ1n) is 10.1. The second kappa shape index (κ2) is 8.50. The first-order valence-corrected chi connectivity index (χ1v) is 10.9. The number of hydrogen-bond acceptors (Lipinski definition) is 7. The number of carbonyl (C=O) groups excluding carboxylic acids is 1. The summed E-state index contributed by atoms with van der Waals surface area (Å²) in [6, 6.07) is 5.36. The van der Waals surface area contributed by atoms with Crippen molar-refractivity contribution < 1.29 is 4.79 Å². The first kappa shape index (κ1) is 21.6. The Hall–Kier alpha value is -3.60. The van der Waals surface area contributed by atoms with Crippen LogP contribution >= 0.6 is 11.3 Å². The van der Waals surface area contributed by atoms with Gasteiger partial charge in [-0.1, -0.05) is 6.07 Å². The second-order valence-corrected chi connectivity index (χ2v) is 8.49. The van der Waals surface area contributed by atoms with Crippen LogP contribution < -0.4 is 16.6 Å².